The molecule has 0 aliphatic carbocycles. The molecule has 2 fully saturated rings. The molecule has 13 heavy (non-hydrogen) atoms. The van der Waals surface area contributed by atoms with Crippen LogP contribution >= 0.6 is 0 Å². The van der Waals surface area contributed by atoms with Crippen molar-refractivity contribution < 1.29 is 14.9 Å². The number of ether oxygens (including phenoxy) is 1. The summed E-state index contributed by atoms with van der Waals surface area (Å²) in [5, 5.41) is 19.9. The zero-order valence-corrected chi connectivity index (χ0v) is 8.29. The minimum absolute atomic E-state index is 0.0773. The summed E-state index contributed by atoms with van der Waals surface area (Å²) < 4.78 is 5.65. The molecule has 0 aromatic rings. The molecule has 0 spiro atoms. The van der Waals surface area contributed by atoms with E-state index in [1.54, 1.807) is 0 Å². The molecule has 0 aromatic heterocycles. The minimum atomic E-state index is -0.688. The summed E-state index contributed by atoms with van der Waals surface area (Å²) >= 11 is 0. The molecule has 76 valence electrons. The summed E-state index contributed by atoms with van der Waals surface area (Å²) in [6.07, 6.45) is 2.84. The van der Waals surface area contributed by atoms with E-state index in [4.69, 9.17) is 4.74 Å². The van der Waals surface area contributed by atoms with Crippen LogP contribution in [-0.2, 0) is 4.74 Å². The molecule has 0 aromatic carbocycles. The molecule has 2 N–H and O–H groups in total. The molecule has 0 saturated carbocycles. The monoisotopic (exact) mass is 186 g/mol. The van der Waals surface area contributed by atoms with Crippen molar-refractivity contribution in [2.45, 2.75) is 62.9 Å². The fourth-order valence-electron chi connectivity index (χ4n) is 2.42. The van der Waals surface area contributed by atoms with E-state index in [0.29, 0.717) is 0 Å². The largest absolute Gasteiger partial charge is 0.387 e. The highest BCUT2D eigenvalue weighted by atomic mass is 16.5. The lowest BCUT2D eigenvalue weighted by Crippen LogP contribution is -2.58. The number of aliphatic hydroxyl groups is 2. The van der Waals surface area contributed by atoms with Gasteiger partial charge in [0, 0.05) is 0 Å². The lowest BCUT2D eigenvalue weighted by molar-refractivity contribution is -0.245. The van der Waals surface area contributed by atoms with Crippen LogP contribution in [0, 0.1) is 0 Å². The first-order chi connectivity index (χ1) is 5.92. The van der Waals surface area contributed by atoms with E-state index in [0.717, 1.165) is 25.7 Å². The Labute approximate surface area is 78.7 Å². The molecule has 2 bridgehead atoms. The van der Waals surface area contributed by atoms with Crippen LogP contribution in [0.15, 0.2) is 0 Å². The van der Waals surface area contributed by atoms with Crippen LogP contribution in [0.25, 0.3) is 0 Å². The van der Waals surface area contributed by atoms with Crippen molar-refractivity contribution in [1.82, 2.24) is 0 Å². The van der Waals surface area contributed by atoms with Gasteiger partial charge < -0.3 is 14.9 Å². The first-order valence-corrected chi connectivity index (χ1v) is 5.02. The van der Waals surface area contributed by atoms with E-state index in [9.17, 15) is 10.2 Å². The van der Waals surface area contributed by atoms with E-state index < -0.39 is 11.2 Å². The Bertz CT molecular complexity index is 188. The lowest BCUT2D eigenvalue weighted by atomic mass is 9.75. The van der Waals surface area contributed by atoms with Gasteiger partial charge in [0.15, 0.2) is 0 Å². The quantitative estimate of drug-likeness (QED) is 0.589. The lowest BCUT2D eigenvalue weighted by Gasteiger charge is -2.50. The molecular weight excluding hydrogens is 168 g/mol. The van der Waals surface area contributed by atoms with Crippen LogP contribution in [0.2, 0.25) is 0 Å². The third-order valence-corrected chi connectivity index (χ3v) is 3.54. The van der Waals surface area contributed by atoms with Crippen molar-refractivity contribution in [2.75, 3.05) is 0 Å². The van der Waals surface area contributed by atoms with Gasteiger partial charge >= 0.3 is 0 Å². The standard InChI is InChI=1S/C10H18O3/c1-9(11)5-3-8-10(2,12)6-4-7(9)13-8/h7-8,11-12H,3-6H2,1-2H3. The molecule has 2 aliphatic rings. The van der Waals surface area contributed by atoms with Crippen LogP contribution in [0.4, 0.5) is 0 Å². The van der Waals surface area contributed by atoms with Gasteiger partial charge in [-0.1, -0.05) is 0 Å². The second-order valence-corrected chi connectivity index (χ2v) is 4.91. The zero-order valence-electron chi connectivity index (χ0n) is 8.29. The van der Waals surface area contributed by atoms with Crippen LogP contribution < -0.4 is 0 Å². The number of hydrogen-bond acceptors (Lipinski definition) is 3. The van der Waals surface area contributed by atoms with Gasteiger partial charge in [-0.3, -0.25) is 0 Å². The third kappa shape index (κ3) is 1.49. The molecule has 4 unspecified atom stereocenters. The molecule has 2 aliphatic heterocycles. The van der Waals surface area contributed by atoms with E-state index in [-0.39, 0.29) is 12.2 Å². The Morgan fingerprint density at radius 1 is 1.00 bits per heavy atom. The van der Waals surface area contributed by atoms with Gasteiger partial charge in [-0.2, -0.15) is 0 Å². The maximum absolute atomic E-state index is 9.95. The van der Waals surface area contributed by atoms with E-state index in [1.807, 2.05) is 13.8 Å². The maximum atomic E-state index is 9.95. The summed E-state index contributed by atoms with van der Waals surface area (Å²) in [5.41, 5.74) is -1.37. The van der Waals surface area contributed by atoms with Crippen LogP contribution in [-0.4, -0.2) is 33.6 Å². The molecule has 0 amide bonds. The van der Waals surface area contributed by atoms with E-state index >= 15 is 0 Å². The highest BCUT2D eigenvalue weighted by Gasteiger charge is 2.49. The van der Waals surface area contributed by atoms with Gasteiger partial charge in [0.25, 0.3) is 0 Å². The van der Waals surface area contributed by atoms with Gasteiger partial charge in [-0.15, -0.1) is 0 Å². The van der Waals surface area contributed by atoms with Crippen LogP contribution in [0.1, 0.15) is 39.5 Å². The van der Waals surface area contributed by atoms with Gasteiger partial charge in [0.05, 0.1) is 23.4 Å². The second kappa shape index (κ2) is 2.69. The second-order valence-electron chi connectivity index (χ2n) is 4.91. The van der Waals surface area contributed by atoms with Crippen molar-refractivity contribution >= 4 is 0 Å². The Morgan fingerprint density at radius 2 is 1.38 bits per heavy atom. The summed E-state index contributed by atoms with van der Waals surface area (Å²) in [6.45, 7) is 3.65. The van der Waals surface area contributed by atoms with Crippen LogP contribution in [0.5, 0.6) is 0 Å². The van der Waals surface area contributed by atoms with Crippen LogP contribution in [0.3, 0.4) is 0 Å². The Hall–Kier alpha value is -0.120. The van der Waals surface area contributed by atoms with Crippen molar-refractivity contribution in [1.29, 1.82) is 0 Å². The minimum Gasteiger partial charge on any atom is -0.387 e. The fourth-order valence-corrected chi connectivity index (χ4v) is 2.42. The molecule has 2 heterocycles. The number of fused-ring (bicyclic) bond motifs is 2. The molecular formula is C10H18O3. The number of rotatable bonds is 0. The first kappa shape index (κ1) is 9.44. The predicted molar refractivity (Wildman–Crippen MR) is 48.4 cm³/mol. The fraction of sp³-hybridized carbons (Fsp3) is 1.00. The zero-order chi connectivity index (χ0) is 9.69. The average Bonchev–Trinajstić information content (AvgIpc) is 2.01. The van der Waals surface area contributed by atoms with Crippen molar-refractivity contribution in [3.63, 3.8) is 0 Å². The van der Waals surface area contributed by atoms with E-state index in [1.165, 1.54) is 0 Å². The maximum Gasteiger partial charge on any atom is 0.0881 e. The Morgan fingerprint density at radius 3 is 1.77 bits per heavy atom. The van der Waals surface area contributed by atoms with Gasteiger partial charge in [-0.25, -0.2) is 0 Å². The number of hydrogen-bond donors (Lipinski definition) is 2. The third-order valence-electron chi connectivity index (χ3n) is 3.54. The molecule has 2 saturated heterocycles. The first-order valence-electron chi connectivity index (χ1n) is 5.02. The van der Waals surface area contributed by atoms with Crippen molar-refractivity contribution in [3.8, 4) is 0 Å². The van der Waals surface area contributed by atoms with Gasteiger partial charge in [0.1, 0.15) is 0 Å². The predicted octanol–water partition coefficient (Wildman–Crippen LogP) is 0.830. The highest BCUT2D eigenvalue weighted by molar-refractivity contribution is 4.99. The average molecular weight is 186 g/mol. The Balaban J connectivity index is 2.14. The topological polar surface area (TPSA) is 49.7 Å². The normalized spacial score (nSPS) is 56.3. The van der Waals surface area contributed by atoms with Gasteiger partial charge in [-0.05, 0) is 39.5 Å². The summed E-state index contributed by atoms with van der Waals surface area (Å²) in [6, 6.07) is 0. The molecule has 2 rings (SSSR count). The molecule has 3 heteroatoms. The smallest absolute Gasteiger partial charge is 0.0881 e. The summed E-state index contributed by atoms with van der Waals surface area (Å²) in [5.74, 6) is 0. The van der Waals surface area contributed by atoms with Gasteiger partial charge in [0.2, 0.25) is 0 Å². The summed E-state index contributed by atoms with van der Waals surface area (Å²) in [4.78, 5) is 0. The Kier molecular flexibility index (Phi) is 1.95. The highest BCUT2D eigenvalue weighted by Crippen LogP contribution is 2.41. The van der Waals surface area contributed by atoms with Crippen molar-refractivity contribution in [2.24, 2.45) is 0 Å². The SMILES string of the molecule is CC1(O)CCC2OC1CCC2(C)O. The van der Waals surface area contributed by atoms with Crippen molar-refractivity contribution in [3.05, 3.63) is 0 Å². The molecule has 3 nitrogen and oxygen atoms in total. The summed E-state index contributed by atoms with van der Waals surface area (Å²) in [7, 11) is 0. The van der Waals surface area contributed by atoms with E-state index in [2.05, 4.69) is 0 Å². The molecule has 0 radical (unpaired) electrons. The molecule has 4 atom stereocenters.